The summed E-state index contributed by atoms with van der Waals surface area (Å²) in [6.45, 7) is 4.10. The van der Waals surface area contributed by atoms with E-state index in [0.29, 0.717) is 12.3 Å². The zero-order chi connectivity index (χ0) is 14.0. The van der Waals surface area contributed by atoms with E-state index in [2.05, 4.69) is 5.32 Å². The number of nitrogens with one attached hydrogen (secondary N) is 1. The number of hydrogen-bond acceptors (Lipinski definition) is 2. The van der Waals surface area contributed by atoms with Gasteiger partial charge in [0.1, 0.15) is 0 Å². The highest BCUT2D eigenvalue weighted by Crippen LogP contribution is 2.33. The lowest BCUT2D eigenvalue weighted by Gasteiger charge is -2.29. The predicted molar refractivity (Wildman–Crippen MR) is 68.2 cm³/mol. The number of hydrogen-bond donors (Lipinski definition) is 1. The number of aryl methyl sites for hydroxylation is 1. The van der Waals surface area contributed by atoms with Crippen molar-refractivity contribution < 1.29 is 17.9 Å². The van der Waals surface area contributed by atoms with E-state index in [0.717, 1.165) is 12.8 Å². The maximum atomic E-state index is 12.8. The van der Waals surface area contributed by atoms with E-state index < -0.39 is 11.7 Å². The summed E-state index contributed by atoms with van der Waals surface area (Å²) in [5.41, 5.74) is 0.202. The second-order valence-electron chi connectivity index (χ2n) is 5.07. The first-order valence-electron chi connectivity index (χ1n) is 6.42. The van der Waals surface area contributed by atoms with Crippen molar-refractivity contribution in [3.8, 4) is 0 Å². The molecule has 0 aromatic heterocycles. The van der Waals surface area contributed by atoms with Crippen molar-refractivity contribution >= 4 is 5.69 Å². The summed E-state index contributed by atoms with van der Waals surface area (Å²) >= 11 is 0. The maximum absolute atomic E-state index is 12.8. The van der Waals surface area contributed by atoms with Crippen LogP contribution >= 0.6 is 0 Å². The molecule has 2 rings (SSSR count). The van der Waals surface area contributed by atoms with Gasteiger partial charge in [-0.05, 0) is 44.4 Å². The summed E-state index contributed by atoms with van der Waals surface area (Å²) in [6, 6.07) is 4.57. The standard InChI is InChI=1S/C14H18F3NO/c1-9-3-4-11(8-13(9)14(15,16)17)18-12-5-6-19-10(2)7-12/h3-4,8,10,12,18H,5-7H2,1-2H3. The highest BCUT2D eigenvalue weighted by molar-refractivity contribution is 5.50. The summed E-state index contributed by atoms with van der Waals surface area (Å²) in [4.78, 5) is 0. The molecule has 1 heterocycles. The fourth-order valence-corrected chi connectivity index (χ4v) is 2.38. The van der Waals surface area contributed by atoms with Gasteiger partial charge in [0, 0.05) is 18.3 Å². The van der Waals surface area contributed by atoms with Crippen molar-refractivity contribution in [2.75, 3.05) is 11.9 Å². The molecule has 1 aliphatic heterocycles. The summed E-state index contributed by atoms with van der Waals surface area (Å²) < 4.78 is 43.9. The molecule has 0 radical (unpaired) electrons. The minimum Gasteiger partial charge on any atom is -0.382 e. The third kappa shape index (κ3) is 3.62. The normalized spacial score (nSPS) is 24.3. The van der Waals surface area contributed by atoms with Crippen molar-refractivity contribution in [2.45, 2.75) is 45.0 Å². The zero-order valence-corrected chi connectivity index (χ0v) is 11.1. The van der Waals surface area contributed by atoms with E-state index in [-0.39, 0.29) is 17.7 Å². The molecule has 2 atom stereocenters. The molecule has 1 aromatic rings. The maximum Gasteiger partial charge on any atom is 0.416 e. The zero-order valence-electron chi connectivity index (χ0n) is 11.1. The van der Waals surface area contributed by atoms with Crippen LogP contribution in [0.1, 0.15) is 30.9 Å². The number of ether oxygens (including phenoxy) is 1. The quantitative estimate of drug-likeness (QED) is 0.879. The SMILES string of the molecule is Cc1ccc(NC2CCOC(C)C2)cc1C(F)(F)F. The van der Waals surface area contributed by atoms with Crippen LogP contribution in [0.2, 0.25) is 0 Å². The number of rotatable bonds is 2. The molecule has 0 amide bonds. The lowest BCUT2D eigenvalue weighted by Crippen LogP contribution is -2.32. The predicted octanol–water partition coefficient (Wildman–Crippen LogP) is 3.99. The van der Waals surface area contributed by atoms with E-state index in [1.807, 2.05) is 6.92 Å². The molecule has 0 spiro atoms. The van der Waals surface area contributed by atoms with Crippen LogP contribution in [0.15, 0.2) is 18.2 Å². The Balaban J connectivity index is 2.13. The number of halogens is 3. The topological polar surface area (TPSA) is 21.3 Å². The Bertz CT molecular complexity index is 445. The van der Waals surface area contributed by atoms with E-state index >= 15 is 0 Å². The average molecular weight is 273 g/mol. The largest absolute Gasteiger partial charge is 0.416 e. The second kappa shape index (κ2) is 5.41. The fourth-order valence-electron chi connectivity index (χ4n) is 2.38. The van der Waals surface area contributed by atoms with Crippen molar-refractivity contribution in [3.05, 3.63) is 29.3 Å². The summed E-state index contributed by atoms with van der Waals surface area (Å²) in [5, 5.41) is 3.17. The van der Waals surface area contributed by atoms with Crippen LogP contribution in [0.3, 0.4) is 0 Å². The highest BCUT2D eigenvalue weighted by atomic mass is 19.4. The Labute approximate surface area is 111 Å². The van der Waals surface area contributed by atoms with Gasteiger partial charge in [0.25, 0.3) is 0 Å². The molecule has 0 aliphatic carbocycles. The van der Waals surface area contributed by atoms with Crippen molar-refractivity contribution in [2.24, 2.45) is 0 Å². The van der Waals surface area contributed by atoms with Gasteiger partial charge in [-0.3, -0.25) is 0 Å². The van der Waals surface area contributed by atoms with E-state index in [1.165, 1.54) is 19.1 Å². The molecule has 2 unspecified atom stereocenters. The van der Waals surface area contributed by atoms with Gasteiger partial charge < -0.3 is 10.1 Å². The van der Waals surface area contributed by atoms with Crippen molar-refractivity contribution in [1.29, 1.82) is 0 Å². The van der Waals surface area contributed by atoms with E-state index in [4.69, 9.17) is 4.74 Å². The van der Waals surface area contributed by atoms with Gasteiger partial charge in [0.15, 0.2) is 0 Å². The number of benzene rings is 1. The molecule has 1 aromatic carbocycles. The Morgan fingerprint density at radius 3 is 2.68 bits per heavy atom. The van der Waals surface area contributed by atoms with Crippen LogP contribution in [0.25, 0.3) is 0 Å². The molecule has 106 valence electrons. The smallest absolute Gasteiger partial charge is 0.382 e. The summed E-state index contributed by atoms with van der Waals surface area (Å²) in [5.74, 6) is 0. The van der Waals surface area contributed by atoms with Crippen LogP contribution < -0.4 is 5.32 Å². The van der Waals surface area contributed by atoms with E-state index in [9.17, 15) is 13.2 Å². The third-order valence-electron chi connectivity index (χ3n) is 3.40. The van der Waals surface area contributed by atoms with Crippen LogP contribution in [0.5, 0.6) is 0 Å². The molecule has 1 saturated heterocycles. The van der Waals surface area contributed by atoms with Gasteiger partial charge >= 0.3 is 6.18 Å². The Kier molecular flexibility index (Phi) is 4.04. The molecule has 1 N–H and O–H groups in total. The molecule has 0 saturated carbocycles. The second-order valence-corrected chi connectivity index (χ2v) is 5.07. The lowest BCUT2D eigenvalue weighted by atomic mass is 10.0. The number of anilines is 1. The van der Waals surface area contributed by atoms with Gasteiger partial charge in [0.05, 0.1) is 11.7 Å². The molecule has 5 heteroatoms. The molecule has 1 fully saturated rings. The van der Waals surface area contributed by atoms with Crippen LogP contribution in [0, 0.1) is 6.92 Å². The molecule has 19 heavy (non-hydrogen) atoms. The van der Waals surface area contributed by atoms with Gasteiger partial charge in [-0.1, -0.05) is 6.07 Å². The van der Waals surface area contributed by atoms with E-state index in [1.54, 1.807) is 6.07 Å². The molecular weight excluding hydrogens is 255 g/mol. The molecule has 2 nitrogen and oxygen atoms in total. The minimum absolute atomic E-state index is 0.152. The van der Waals surface area contributed by atoms with Gasteiger partial charge in [-0.25, -0.2) is 0 Å². The monoisotopic (exact) mass is 273 g/mol. The summed E-state index contributed by atoms with van der Waals surface area (Å²) in [7, 11) is 0. The fraction of sp³-hybridized carbons (Fsp3) is 0.571. The number of alkyl halides is 3. The summed E-state index contributed by atoms with van der Waals surface area (Å²) in [6.07, 6.45) is -2.52. The Morgan fingerprint density at radius 2 is 2.05 bits per heavy atom. The molecule has 1 aliphatic rings. The first-order chi connectivity index (χ1) is 8.86. The third-order valence-corrected chi connectivity index (χ3v) is 3.40. The minimum atomic E-state index is -4.30. The first kappa shape index (κ1) is 14.2. The molecule has 0 bridgehead atoms. The van der Waals surface area contributed by atoms with Crippen molar-refractivity contribution in [3.63, 3.8) is 0 Å². The van der Waals surface area contributed by atoms with Crippen LogP contribution in [0.4, 0.5) is 18.9 Å². The highest BCUT2D eigenvalue weighted by Gasteiger charge is 2.32. The Hall–Kier alpha value is -1.23. The Morgan fingerprint density at radius 1 is 1.32 bits per heavy atom. The van der Waals surface area contributed by atoms with Gasteiger partial charge in [0.2, 0.25) is 0 Å². The lowest BCUT2D eigenvalue weighted by molar-refractivity contribution is -0.138. The first-order valence-corrected chi connectivity index (χ1v) is 6.42. The van der Waals surface area contributed by atoms with Crippen molar-refractivity contribution in [1.82, 2.24) is 0 Å². The van der Waals surface area contributed by atoms with Crippen LogP contribution in [-0.4, -0.2) is 18.8 Å². The average Bonchev–Trinajstić information content (AvgIpc) is 2.30. The van der Waals surface area contributed by atoms with Crippen LogP contribution in [-0.2, 0) is 10.9 Å². The van der Waals surface area contributed by atoms with Gasteiger partial charge in [-0.2, -0.15) is 13.2 Å². The molecular formula is C14H18F3NO. The van der Waals surface area contributed by atoms with Gasteiger partial charge in [-0.15, -0.1) is 0 Å².